The van der Waals surface area contributed by atoms with Crippen LogP contribution in [0.3, 0.4) is 0 Å². The fourth-order valence-corrected chi connectivity index (χ4v) is 1.47. The third-order valence-electron chi connectivity index (χ3n) is 1.57. The lowest BCUT2D eigenvalue weighted by atomic mass is 10.3. The highest BCUT2D eigenvalue weighted by Gasteiger charge is 1.97. The Morgan fingerprint density at radius 2 is 2.08 bits per heavy atom. The van der Waals surface area contributed by atoms with Gasteiger partial charge in [-0.3, -0.25) is 0 Å². The Kier molecular flexibility index (Phi) is 3.36. The molecule has 0 spiro atoms. The largest absolute Gasteiger partial charge is 0.344 e. The Balaban J connectivity index is 0.000000396. The number of hydrogen-bond donors (Lipinski definition) is 1. The summed E-state index contributed by atoms with van der Waals surface area (Å²) in [5.41, 5.74) is 2.09. The molecule has 0 aliphatic rings. The van der Waals surface area contributed by atoms with Crippen LogP contribution in [0, 0.1) is 6.92 Å². The van der Waals surface area contributed by atoms with Gasteiger partial charge in [0, 0.05) is 30.9 Å². The smallest absolute Gasteiger partial charge is 0.137 e. The standard InChI is InChI=1S/C8H7BrN2.F2/c1-5-2-6-3-7(9)4-10-8(6)11-5;1-2/h2-4H,1H3,(H,10,11);. The van der Waals surface area contributed by atoms with Crippen molar-refractivity contribution in [2.45, 2.75) is 6.92 Å². The van der Waals surface area contributed by atoms with Crippen molar-refractivity contribution in [3.63, 3.8) is 0 Å². The normalized spacial score (nSPS) is 9.54. The molecular formula is C8H7BrF2N2. The lowest BCUT2D eigenvalue weighted by Crippen LogP contribution is -1.74. The second-order valence-electron chi connectivity index (χ2n) is 2.54. The van der Waals surface area contributed by atoms with Crippen molar-refractivity contribution in [2.24, 2.45) is 0 Å². The Hall–Kier alpha value is -0.970. The summed E-state index contributed by atoms with van der Waals surface area (Å²) < 4.78 is 17.0. The highest BCUT2D eigenvalue weighted by atomic mass is 79.9. The Morgan fingerprint density at radius 1 is 1.38 bits per heavy atom. The molecule has 0 atom stereocenters. The van der Waals surface area contributed by atoms with Crippen molar-refractivity contribution in [3.8, 4) is 0 Å². The van der Waals surface area contributed by atoms with Crippen molar-refractivity contribution < 1.29 is 9.15 Å². The molecule has 2 nitrogen and oxygen atoms in total. The average molecular weight is 249 g/mol. The lowest BCUT2D eigenvalue weighted by molar-refractivity contribution is 0.108. The number of halogens is 3. The fraction of sp³-hybridized carbons (Fsp3) is 0.125. The summed E-state index contributed by atoms with van der Waals surface area (Å²) in [5.74, 6) is 0. The number of aromatic amines is 1. The van der Waals surface area contributed by atoms with Crippen LogP contribution >= 0.6 is 15.9 Å². The molecule has 2 rings (SSSR count). The first-order chi connectivity index (χ1) is 6.25. The van der Waals surface area contributed by atoms with Crippen LogP contribution in [-0.4, -0.2) is 9.97 Å². The first-order valence-electron chi connectivity index (χ1n) is 3.51. The van der Waals surface area contributed by atoms with Gasteiger partial charge in [-0.1, -0.05) is 0 Å². The molecule has 0 radical (unpaired) electrons. The van der Waals surface area contributed by atoms with Crippen molar-refractivity contribution in [1.82, 2.24) is 9.97 Å². The topological polar surface area (TPSA) is 28.7 Å². The van der Waals surface area contributed by atoms with Gasteiger partial charge in [-0.2, -0.15) is 0 Å². The number of fused-ring (bicyclic) bond motifs is 1. The third-order valence-corrected chi connectivity index (χ3v) is 2.01. The van der Waals surface area contributed by atoms with E-state index < -0.39 is 0 Å². The maximum absolute atomic E-state index is 8.00. The summed E-state index contributed by atoms with van der Waals surface area (Å²) in [5, 5.41) is 1.15. The zero-order valence-electron chi connectivity index (χ0n) is 6.81. The predicted molar refractivity (Wildman–Crippen MR) is 50.7 cm³/mol. The van der Waals surface area contributed by atoms with Crippen LogP contribution in [-0.2, 0) is 0 Å². The SMILES string of the molecule is Cc1cc2cc(Br)cnc2[nH]1.FF. The maximum atomic E-state index is 8.00. The van der Waals surface area contributed by atoms with E-state index in [9.17, 15) is 0 Å². The van der Waals surface area contributed by atoms with Gasteiger partial charge >= 0.3 is 0 Å². The number of pyridine rings is 1. The molecule has 0 saturated carbocycles. The monoisotopic (exact) mass is 248 g/mol. The number of aryl methyl sites for hydroxylation is 1. The van der Waals surface area contributed by atoms with E-state index >= 15 is 0 Å². The molecule has 13 heavy (non-hydrogen) atoms. The second kappa shape index (κ2) is 4.32. The van der Waals surface area contributed by atoms with Crippen molar-refractivity contribution in [1.29, 1.82) is 0 Å². The van der Waals surface area contributed by atoms with Crippen LogP contribution in [0.2, 0.25) is 0 Å². The van der Waals surface area contributed by atoms with E-state index in [1.807, 2.05) is 13.0 Å². The van der Waals surface area contributed by atoms with E-state index in [2.05, 4.69) is 32.0 Å². The van der Waals surface area contributed by atoms with Crippen molar-refractivity contribution in [2.75, 3.05) is 0 Å². The fourth-order valence-electron chi connectivity index (χ4n) is 1.13. The summed E-state index contributed by atoms with van der Waals surface area (Å²) in [4.78, 5) is 7.35. The van der Waals surface area contributed by atoms with E-state index in [0.29, 0.717) is 0 Å². The molecule has 5 heteroatoms. The van der Waals surface area contributed by atoms with E-state index in [-0.39, 0.29) is 0 Å². The van der Waals surface area contributed by atoms with Crippen LogP contribution in [0.5, 0.6) is 0 Å². The molecule has 1 N–H and O–H groups in total. The number of nitrogens with zero attached hydrogens (tertiary/aromatic N) is 1. The molecule has 2 heterocycles. The summed E-state index contributed by atoms with van der Waals surface area (Å²) in [7, 11) is 0. The molecule has 0 bridgehead atoms. The maximum Gasteiger partial charge on any atom is 0.137 e. The van der Waals surface area contributed by atoms with E-state index in [1.54, 1.807) is 6.20 Å². The van der Waals surface area contributed by atoms with Crippen LogP contribution in [0.4, 0.5) is 9.15 Å². The predicted octanol–water partition coefficient (Wildman–Crippen LogP) is 3.47. The molecule has 2 aromatic heterocycles. The highest BCUT2D eigenvalue weighted by Crippen LogP contribution is 2.17. The average Bonchev–Trinajstić information content (AvgIpc) is 2.48. The van der Waals surface area contributed by atoms with Crippen molar-refractivity contribution in [3.05, 3.63) is 28.5 Å². The molecular weight excluding hydrogens is 242 g/mol. The minimum atomic E-state index is 0.950. The second-order valence-corrected chi connectivity index (χ2v) is 3.46. The quantitative estimate of drug-likeness (QED) is 0.760. The van der Waals surface area contributed by atoms with Crippen LogP contribution in [0.25, 0.3) is 11.0 Å². The van der Waals surface area contributed by atoms with Gasteiger partial charge in [0.25, 0.3) is 0 Å². The Labute approximate surface area is 82.0 Å². The number of aromatic nitrogens is 2. The first-order valence-corrected chi connectivity index (χ1v) is 4.30. The molecule has 0 aliphatic heterocycles. The summed E-state index contributed by atoms with van der Waals surface area (Å²) in [6, 6.07) is 4.12. The molecule has 0 fully saturated rings. The van der Waals surface area contributed by atoms with Crippen LogP contribution in [0.15, 0.2) is 22.8 Å². The molecule has 70 valence electrons. The van der Waals surface area contributed by atoms with E-state index in [4.69, 9.17) is 9.15 Å². The summed E-state index contributed by atoms with van der Waals surface area (Å²) >= 11 is 3.37. The lowest BCUT2D eigenvalue weighted by Gasteiger charge is -1.88. The van der Waals surface area contributed by atoms with Crippen LogP contribution < -0.4 is 0 Å². The van der Waals surface area contributed by atoms with Gasteiger partial charge in [0.2, 0.25) is 0 Å². The number of hydrogen-bond acceptors (Lipinski definition) is 1. The molecule has 0 amide bonds. The number of rotatable bonds is 0. The van der Waals surface area contributed by atoms with E-state index in [1.165, 1.54) is 0 Å². The van der Waals surface area contributed by atoms with Crippen LogP contribution in [0.1, 0.15) is 5.69 Å². The van der Waals surface area contributed by atoms with Gasteiger partial charge in [-0.05, 0) is 35.0 Å². The number of nitrogens with one attached hydrogen (secondary N) is 1. The van der Waals surface area contributed by atoms with Gasteiger partial charge < -0.3 is 4.98 Å². The Morgan fingerprint density at radius 3 is 2.77 bits per heavy atom. The molecule has 0 unspecified atom stereocenters. The zero-order valence-corrected chi connectivity index (χ0v) is 8.40. The van der Waals surface area contributed by atoms with Crippen molar-refractivity contribution >= 4 is 27.0 Å². The van der Waals surface area contributed by atoms with E-state index in [0.717, 1.165) is 21.2 Å². The molecule has 0 saturated heterocycles. The van der Waals surface area contributed by atoms with Gasteiger partial charge in [0.05, 0.1) is 0 Å². The molecule has 0 aromatic carbocycles. The highest BCUT2D eigenvalue weighted by molar-refractivity contribution is 9.10. The third kappa shape index (κ3) is 2.24. The van der Waals surface area contributed by atoms with Gasteiger partial charge in [0.1, 0.15) is 5.65 Å². The minimum absolute atomic E-state index is 0.950. The van der Waals surface area contributed by atoms with Gasteiger partial charge in [-0.25, -0.2) is 4.98 Å². The summed E-state index contributed by atoms with van der Waals surface area (Å²) in [6.07, 6.45) is 1.79. The first kappa shape index (κ1) is 10.1. The van der Waals surface area contributed by atoms with Gasteiger partial charge in [-0.15, -0.1) is 0 Å². The molecule has 2 aromatic rings. The minimum Gasteiger partial charge on any atom is -0.344 e. The van der Waals surface area contributed by atoms with Gasteiger partial charge in [0.15, 0.2) is 0 Å². The molecule has 0 aliphatic carbocycles. The zero-order chi connectivity index (χ0) is 9.84. The Bertz CT molecular complexity index is 400. The summed E-state index contributed by atoms with van der Waals surface area (Å²) in [6.45, 7) is 2.02. The number of H-pyrrole nitrogens is 1.